The molecule has 8 heteroatoms. The first-order chi connectivity index (χ1) is 12.6. The fourth-order valence-corrected chi connectivity index (χ4v) is 3.52. The van der Waals surface area contributed by atoms with Crippen LogP contribution in [-0.4, -0.2) is 14.2 Å². The predicted molar refractivity (Wildman–Crippen MR) is 109 cm³/mol. The molecule has 0 bridgehead atoms. The fourth-order valence-electron chi connectivity index (χ4n) is 2.46. The molecule has 5 nitrogen and oxygen atoms in total. The van der Waals surface area contributed by atoms with Crippen LogP contribution in [0.25, 0.3) is 10.8 Å². The Balaban J connectivity index is 1.56. The highest BCUT2D eigenvalue weighted by Crippen LogP contribution is 2.29. The maximum Gasteiger partial charge on any atom is 0.249 e. The number of anilines is 3. The van der Waals surface area contributed by atoms with Gasteiger partial charge in [0.2, 0.25) is 11.9 Å². The van der Waals surface area contributed by atoms with Crippen molar-refractivity contribution in [2.24, 2.45) is 0 Å². The number of nitrogen functional groups attached to an aromatic ring is 1. The standard InChI is InChI=1S/C18H13Cl2N5S/c19-15-8-6-13(10-16(15)20)22-18-23-17(21)25(24-18)26-14-7-5-11-3-1-2-4-12(11)9-14/h1-10H,(H3,21,22,23,24). The first kappa shape index (κ1) is 17.0. The molecule has 0 spiro atoms. The molecule has 1 aromatic heterocycles. The number of nitrogens with two attached hydrogens (primary N) is 1. The Labute approximate surface area is 164 Å². The van der Waals surface area contributed by atoms with Gasteiger partial charge in [-0.15, -0.1) is 5.10 Å². The Kier molecular flexibility index (Phi) is 4.63. The molecule has 4 rings (SSSR count). The van der Waals surface area contributed by atoms with Gasteiger partial charge in [0.05, 0.1) is 10.0 Å². The zero-order valence-corrected chi connectivity index (χ0v) is 15.7. The Morgan fingerprint density at radius 3 is 2.54 bits per heavy atom. The maximum atomic E-state index is 6.02. The van der Waals surface area contributed by atoms with E-state index in [-0.39, 0.29) is 0 Å². The van der Waals surface area contributed by atoms with Gasteiger partial charge in [0.1, 0.15) is 0 Å². The lowest BCUT2D eigenvalue weighted by atomic mass is 10.1. The SMILES string of the molecule is Nc1nc(Nc2ccc(Cl)c(Cl)c2)nn1Sc1ccc2ccccc2c1. The van der Waals surface area contributed by atoms with Crippen molar-refractivity contribution < 1.29 is 0 Å². The van der Waals surface area contributed by atoms with Crippen molar-refractivity contribution in [3.63, 3.8) is 0 Å². The van der Waals surface area contributed by atoms with E-state index in [9.17, 15) is 0 Å². The van der Waals surface area contributed by atoms with Crippen LogP contribution in [0.1, 0.15) is 0 Å². The van der Waals surface area contributed by atoms with Gasteiger partial charge >= 0.3 is 0 Å². The second-order valence-electron chi connectivity index (χ2n) is 5.52. The average molecular weight is 402 g/mol. The highest BCUT2D eigenvalue weighted by Gasteiger charge is 2.10. The predicted octanol–water partition coefficient (Wildman–Crippen LogP) is 5.62. The van der Waals surface area contributed by atoms with Crippen LogP contribution in [0.15, 0.2) is 65.6 Å². The van der Waals surface area contributed by atoms with Gasteiger partial charge in [0.15, 0.2) is 0 Å². The highest BCUT2D eigenvalue weighted by molar-refractivity contribution is 7.97. The number of halogens is 2. The van der Waals surface area contributed by atoms with Crippen LogP contribution in [0.2, 0.25) is 10.0 Å². The third-order valence-electron chi connectivity index (χ3n) is 3.69. The zero-order chi connectivity index (χ0) is 18.1. The molecule has 3 aromatic carbocycles. The molecule has 0 aliphatic heterocycles. The van der Waals surface area contributed by atoms with Crippen LogP contribution in [0, 0.1) is 0 Å². The first-order valence-electron chi connectivity index (χ1n) is 7.70. The largest absolute Gasteiger partial charge is 0.367 e. The summed E-state index contributed by atoms with van der Waals surface area (Å²) in [6.45, 7) is 0. The van der Waals surface area contributed by atoms with E-state index in [1.54, 1.807) is 22.3 Å². The number of nitrogens with zero attached hydrogens (tertiary/aromatic N) is 3. The fraction of sp³-hybridized carbons (Fsp3) is 0. The summed E-state index contributed by atoms with van der Waals surface area (Å²) >= 11 is 13.3. The molecule has 0 fully saturated rings. The Morgan fingerprint density at radius 1 is 0.923 bits per heavy atom. The van der Waals surface area contributed by atoms with Gasteiger partial charge in [-0.3, -0.25) is 0 Å². The number of fused-ring (bicyclic) bond motifs is 1. The van der Waals surface area contributed by atoms with Gasteiger partial charge < -0.3 is 11.1 Å². The van der Waals surface area contributed by atoms with E-state index in [1.807, 2.05) is 18.2 Å². The number of nitrogens with one attached hydrogen (secondary N) is 1. The monoisotopic (exact) mass is 401 g/mol. The molecule has 0 aliphatic carbocycles. The van der Waals surface area contributed by atoms with Crippen LogP contribution >= 0.6 is 35.1 Å². The van der Waals surface area contributed by atoms with Crippen LogP contribution in [0.5, 0.6) is 0 Å². The number of hydrogen-bond donors (Lipinski definition) is 2. The maximum absolute atomic E-state index is 6.02. The van der Waals surface area contributed by atoms with Gasteiger partial charge in [-0.1, -0.05) is 53.5 Å². The molecule has 1 heterocycles. The Morgan fingerprint density at radius 2 is 1.73 bits per heavy atom. The Hall–Kier alpha value is -2.41. The lowest BCUT2D eigenvalue weighted by molar-refractivity contribution is 1.02. The average Bonchev–Trinajstić information content (AvgIpc) is 2.97. The smallest absolute Gasteiger partial charge is 0.249 e. The van der Waals surface area contributed by atoms with Crippen LogP contribution < -0.4 is 11.1 Å². The number of rotatable bonds is 4. The molecule has 3 N–H and O–H groups in total. The second-order valence-corrected chi connectivity index (χ2v) is 7.33. The van der Waals surface area contributed by atoms with Crippen LogP contribution in [0.3, 0.4) is 0 Å². The molecule has 4 aromatic rings. The topological polar surface area (TPSA) is 68.8 Å². The summed E-state index contributed by atoms with van der Waals surface area (Å²) in [4.78, 5) is 5.25. The van der Waals surface area contributed by atoms with Crippen molar-refractivity contribution in [3.05, 3.63) is 70.7 Å². The van der Waals surface area contributed by atoms with Gasteiger partial charge in [0.25, 0.3) is 0 Å². The summed E-state index contributed by atoms with van der Waals surface area (Å²) in [6, 6.07) is 19.6. The number of benzene rings is 3. The summed E-state index contributed by atoms with van der Waals surface area (Å²) in [5.41, 5.74) is 6.72. The quantitative estimate of drug-likeness (QED) is 0.464. The summed E-state index contributed by atoms with van der Waals surface area (Å²) in [7, 11) is 0. The number of aromatic nitrogens is 3. The molecule has 0 unspecified atom stereocenters. The van der Waals surface area contributed by atoms with E-state index < -0.39 is 0 Å². The highest BCUT2D eigenvalue weighted by atomic mass is 35.5. The van der Waals surface area contributed by atoms with E-state index >= 15 is 0 Å². The van der Waals surface area contributed by atoms with Crippen molar-refractivity contribution in [3.8, 4) is 0 Å². The second kappa shape index (κ2) is 7.07. The molecular formula is C18H13Cl2N5S. The Bertz CT molecular complexity index is 1100. The van der Waals surface area contributed by atoms with Crippen molar-refractivity contribution in [2.75, 3.05) is 11.1 Å². The molecule has 0 saturated heterocycles. The van der Waals surface area contributed by atoms with Crippen molar-refractivity contribution in [1.29, 1.82) is 0 Å². The molecule has 26 heavy (non-hydrogen) atoms. The van der Waals surface area contributed by atoms with E-state index in [0.717, 1.165) is 16.0 Å². The first-order valence-corrected chi connectivity index (χ1v) is 9.23. The molecule has 0 saturated carbocycles. The zero-order valence-electron chi connectivity index (χ0n) is 13.4. The van der Waals surface area contributed by atoms with Crippen LogP contribution in [0.4, 0.5) is 17.6 Å². The van der Waals surface area contributed by atoms with E-state index in [2.05, 4.69) is 39.7 Å². The molecule has 0 amide bonds. The van der Waals surface area contributed by atoms with Gasteiger partial charge in [-0.2, -0.15) is 9.07 Å². The minimum absolute atomic E-state index is 0.297. The summed E-state index contributed by atoms with van der Waals surface area (Å²) in [6.07, 6.45) is 0. The lowest BCUT2D eigenvalue weighted by Gasteiger charge is -2.04. The van der Waals surface area contributed by atoms with Crippen molar-refractivity contribution >= 4 is 63.5 Å². The van der Waals surface area contributed by atoms with E-state index in [1.165, 1.54) is 17.3 Å². The lowest BCUT2D eigenvalue weighted by Crippen LogP contribution is -1.97. The normalized spacial score (nSPS) is 11.0. The molecule has 0 atom stereocenters. The van der Waals surface area contributed by atoms with E-state index in [4.69, 9.17) is 28.9 Å². The van der Waals surface area contributed by atoms with Gasteiger partial charge in [0, 0.05) is 22.5 Å². The molecule has 130 valence electrons. The third-order valence-corrected chi connectivity index (χ3v) is 5.34. The van der Waals surface area contributed by atoms with Crippen molar-refractivity contribution in [2.45, 2.75) is 4.90 Å². The third kappa shape index (κ3) is 3.58. The number of hydrogen-bond acceptors (Lipinski definition) is 5. The molecule has 0 radical (unpaired) electrons. The van der Waals surface area contributed by atoms with Crippen LogP contribution in [-0.2, 0) is 0 Å². The minimum atomic E-state index is 0.297. The summed E-state index contributed by atoms with van der Waals surface area (Å²) in [5, 5.41) is 10.7. The molecular weight excluding hydrogens is 389 g/mol. The minimum Gasteiger partial charge on any atom is -0.367 e. The molecule has 0 aliphatic rings. The van der Waals surface area contributed by atoms with Gasteiger partial charge in [-0.25, -0.2) is 0 Å². The van der Waals surface area contributed by atoms with Gasteiger partial charge in [-0.05, 0) is 41.1 Å². The van der Waals surface area contributed by atoms with Crippen molar-refractivity contribution in [1.82, 2.24) is 14.2 Å². The summed E-state index contributed by atoms with van der Waals surface area (Å²) in [5.74, 6) is 0.680. The summed E-state index contributed by atoms with van der Waals surface area (Å²) < 4.78 is 1.57. The van der Waals surface area contributed by atoms with E-state index in [0.29, 0.717) is 21.9 Å².